The summed E-state index contributed by atoms with van der Waals surface area (Å²) in [6, 6.07) is 1.58. The van der Waals surface area contributed by atoms with E-state index in [0.717, 1.165) is 30.3 Å². The van der Waals surface area contributed by atoms with Crippen molar-refractivity contribution in [3.63, 3.8) is 0 Å². The Balaban J connectivity index is 1.45. The molecule has 102 valence electrons. The standard InChI is InChI=1S/C13H23N3OS/c1-16-10-2-3-11(16)5-9(4-10)6-14-13(17)12-7-18-8-15-12/h9-12,15H,2-8H2,1H3,(H,14,17). The summed E-state index contributed by atoms with van der Waals surface area (Å²) in [6.07, 6.45) is 5.24. The van der Waals surface area contributed by atoms with Crippen LogP contribution in [0.1, 0.15) is 25.7 Å². The number of hydrogen-bond acceptors (Lipinski definition) is 4. The lowest BCUT2D eigenvalue weighted by Crippen LogP contribution is -2.47. The van der Waals surface area contributed by atoms with Gasteiger partial charge in [0.2, 0.25) is 5.91 Å². The molecule has 0 radical (unpaired) electrons. The van der Waals surface area contributed by atoms with Crippen molar-refractivity contribution in [1.82, 2.24) is 15.5 Å². The van der Waals surface area contributed by atoms with Gasteiger partial charge in [0.15, 0.2) is 0 Å². The van der Waals surface area contributed by atoms with Gasteiger partial charge in [0.1, 0.15) is 0 Å². The number of piperidine rings is 1. The van der Waals surface area contributed by atoms with Crippen LogP contribution in [0.25, 0.3) is 0 Å². The Kier molecular flexibility index (Phi) is 3.82. The maximum atomic E-state index is 11.9. The predicted molar refractivity (Wildman–Crippen MR) is 74.6 cm³/mol. The van der Waals surface area contributed by atoms with Crippen molar-refractivity contribution >= 4 is 17.7 Å². The van der Waals surface area contributed by atoms with Gasteiger partial charge >= 0.3 is 0 Å². The van der Waals surface area contributed by atoms with Crippen molar-refractivity contribution in [3.8, 4) is 0 Å². The first-order valence-electron chi connectivity index (χ1n) is 7.05. The van der Waals surface area contributed by atoms with E-state index in [9.17, 15) is 4.79 Å². The molecule has 0 saturated carbocycles. The van der Waals surface area contributed by atoms with Crippen molar-refractivity contribution in [3.05, 3.63) is 0 Å². The van der Waals surface area contributed by atoms with Crippen LogP contribution in [0.4, 0.5) is 0 Å². The van der Waals surface area contributed by atoms with Crippen LogP contribution in [0.3, 0.4) is 0 Å². The molecule has 3 heterocycles. The van der Waals surface area contributed by atoms with Crippen molar-refractivity contribution in [1.29, 1.82) is 0 Å². The first-order valence-corrected chi connectivity index (χ1v) is 8.20. The van der Waals surface area contributed by atoms with E-state index in [2.05, 4.69) is 22.6 Å². The molecule has 2 N–H and O–H groups in total. The van der Waals surface area contributed by atoms with Gasteiger partial charge in [-0.2, -0.15) is 0 Å². The van der Waals surface area contributed by atoms with E-state index in [4.69, 9.17) is 0 Å². The number of amides is 1. The van der Waals surface area contributed by atoms with E-state index in [0.29, 0.717) is 5.92 Å². The summed E-state index contributed by atoms with van der Waals surface area (Å²) >= 11 is 1.80. The van der Waals surface area contributed by atoms with Crippen molar-refractivity contribution in [2.45, 2.75) is 43.8 Å². The summed E-state index contributed by atoms with van der Waals surface area (Å²) in [7, 11) is 2.26. The third-order valence-corrected chi connectivity index (χ3v) is 5.73. The molecule has 5 heteroatoms. The smallest absolute Gasteiger partial charge is 0.238 e. The third kappa shape index (κ3) is 2.53. The van der Waals surface area contributed by atoms with Crippen LogP contribution in [-0.4, -0.2) is 54.2 Å². The second kappa shape index (κ2) is 5.39. The summed E-state index contributed by atoms with van der Waals surface area (Å²) in [5.74, 6) is 2.73. The highest BCUT2D eigenvalue weighted by molar-refractivity contribution is 7.99. The van der Waals surface area contributed by atoms with Gasteiger partial charge in [-0.1, -0.05) is 0 Å². The van der Waals surface area contributed by atoms with Gasteiger partial charge in [-0.25, -0.2) is 0 Å². The van der Waals surface area contributed by atoms with E-state index in [-0.39, 0.29) is 11.9 Å². The summed E-state index contributed by atoms with van der Waals surface area (Å²) in [6.45, 7) is 0.878. The van der Waals surface area contributed by atoms with Gasteiger partial charge in [-0.15, -0.1) is 11.8 Å². The molecular formula is C13H23N3OS. The minimum atomic E-state index is 0.0398. The quantitative estimate of drug-likeness (QED) is 0.789. The molecule has 0 aromatic carbocycles. The molecule has 0 aliphatic carbocycles. The van der Waals surface area contributed by atoms with Crippen molar-refractivity contribution in [2.75, 3.05) is 25.2 Å². The zero-order chi connectivity index (χ0) is 12.5. The summed E-state index contributed by atoms with van der Waals surface area (Å²) < 4.78 is 0. The third-order valence-electron chi connectivity index (χ3n) is 4.79. The van der Waals surface area contributed by atoms with Gasteiger partial charge in [0, 0.05) is 30.3 Å². The Morgan fingerprint density at radius 2 is 2.11 bits per heavy atom. The topological polar surface area (TPSA) is 44.4 Å². The Morgan fingerprint density at radius 1 is 1.39 bits per heavy atom. The lowest BCUT2D eigenvalue weighted by atomic mass is 9.91. The SMILES string of the molecule is CN1C2CCC1CC(CNC(=O)C1CSCN1)C2. The number of fused-ring (bicyclic) bond motifs is 2. The molecular weight excluding hydrogens is 246 g/mol. The van der Waals surface area contributed by atoms with Crippen molar-refractivity contribution < 1.29 is 4.79 Å². The molecule has 3 fully saturated rings. The minimum absolute atomic E-state index is 0.0398. The molecule has 0 aromatic heterocycles. The summed E-state index contributed by atoms with van der Waals surface area (Å²) in [5.41, 5.74) is 0. The zero-order valence-electron chi connectivity index (χ0n) is 11.0. The van der Waals surface area contributed by atoms with Crippen molar-refractivity contribution in [2.24, 2.45) is 5.92 Å². The fourth-order valence-electron chi connectivity index (χ4n) is 3.62. The normalized spacial score (nSPS) is 40.1. The highest BCUT2D eigenvalue weighted by Gasteiger charge is 2.38. The molecule has 0 aromatic rings. The molecule has 3 aliphatic heterocycles. The number of nitrogens with one attached hydrogen (secondary N) is 2. The first kappa shape index (κ1) is 12.8. The van der Waals surface area contributed by atoms with Crippen LogP contribution in [0.5, 0.6) is 0 Å². The maximum absolute atomic E-state index is 11.9. The summed E-state index contributed by atoms with van der Waals surface area (Å²) in [4.78, 5) is 14.5. The largest absolute Gasteiger partial charge is 0.354 e. The van der Waals surface area contributed by atoms with Crippen LogP contribution in [0.2, 0.25) is 0 Å². The number of hydrogen-bond donors (Lipinski definition) is 2. The fourth-order valence-corrected chi connectivity index (χ4v) is 4.56. The highest BCUT2D eigenvalue weighted by atomic mass is 32.2. The lowest BCUT2D eigenvalue weighted by molar-refractivity contribution is -0.122. The Labute approximate surface area is 113 Å². The molecule has 18 heavy (non-hydrogen) atoms. The van der Waals surface area contributed by atoms with E-state index >= 15 is 0 Å². The highest BCUT2D eigenvalue weighted by Crippen LogP contribution is 2.36. The van der Waals surface area contributed by atoms with E-state index in [1.165, 1.54) is 25.7 Å². The molecule has 2 bridgehead atoms. The monoisotopic (exact) mass is 269 g/mol. The van der Waals surface area contributed by atoms with Gasteiger partial charge < -0.3 is 10.2 Å². The average Bonchev–Trinajstić information content (AvgIpc) is 2.94. The molecule has 3 rings (SSSR count). The maximum Gasteiger partial charge on any atom is 0.238 e. The van der Waals surface area contributed by atoms with Crippen LogP contribution < -0.4 is 10.6 Å². The zero-order valence-corrected chi connectivity index (χ0v) is 11.8. The number of nitrogens with zero attached hydrogens (tertiary/aromatic N) is 1. The number of rotatable bonds is 3. The second-order valence-corrected chi connectivity index (χ2v) is 6.94. The van der Waals surface area contributed by atoms with Gasteiger partial charge in [0.25, 0.3) is 0 Å². The number of thioether (sulfide) groups is 1. The Bertz CT molecular complexity index is 305. The van der Waals surface area contributed by atoms with E-state index in [1.54, 1.807) is 11.8 Å². The summed E-state index contributed by atoms with van der Waals surface area (Å²) in [5, 5.41) is 6.37. The molecule has 3 saturated heterocycles. The van der Waals surface area contributed by atoms with E-state index in [1.807, 2.05) is 0 Å². The predicted octanol–water partition coefficient (Wildman–Crippen LogP) is 0.638. The molecule has 4 nitrogen and oxygen atoms in total. The first-order chi connectivity index (χ1) is 8.74. The minimum Gasteiger partial charge on any atom is -0.354 e. The number of carbonyl (C=O) groups excluding carboxylic acids is 1. The molecule has 0 spiro atoms. The van der Waals surface area contributed by atoms with Gasteiger partial charge in [-0.05, 0) is 38.6 Å². The van der Waals surface area contributed by atoms with Crippen LogP contribution in [-0.2, 0) is 4.79 Å². The van der Waals surface area contributed by atoms with Gasteiger partial charge in [0.05, 0.1) is 6.04 Å². The van der Waals surface area contributed by atoms with E-state index < -0.39 is 0 Å². The molecule has 3 unspecified atom stereocenters. The molecule has 3 atom stereocenters. The molecule has 1 amide bonds. The molecule has 3 aliphatic rings. The van der Waals surface area contributed by atoms with Crippen LogP contribution >= 0.6 is 11.8 Å². The van der Waals surface area contributed by atoms with Crippen LogP contribution in [0.15, 0.2) is 0 Å². The van der Waals surface area contributed by atoms with Gasteiger partial charge in [-0.3, -0.25) is 10.1 Å². The Hall–Kier alpha value is -0.260. The lowest BCUT2D eigenvalue weighted by Gasteiger charge is -2.36. The van der Waals surface area contributed by atoms with Crippen LogP contribution in [0, 0.1) is 5.92 Å². The average molecular weight is 269 g/mol. The number of carbonyl (C=O) groups is 1. The Morgan fingerprint density at radius 3 is 2.72 bits per heavy atom. The fraction of sp³-hybridized carbons (Fsp3) is 0.923. The second-order valence-electron chi connectivity index (χ2n) is 5.90.